The minimum Gasteiger partial charge on any atom is -0.312 e. The highest BCUT2D eigenvalue weighted by Crippen LogP contribution is 2.44. The molecular formula is C18H24N2O3S. The van der Waals surface area contributed by atoms with Crippen LogP contribution in [0.1, 0.15) is 44.1 Å². The first-order valence-corrected chi connectivity index (χ1v) is 10.4. The largest absolute Gasteiger partial charge is 0.312 e. The van der Waals surface area contributed by atoms with E-state index in [9.17, 15) is 13.2 Å². The first-order valence-electron chi connectivity index (χ1n) is 8.87. The molecule has 1 amide bonds. The molecule has 0 spiro atoms. The molecule has 4 rings (SSSR count). The van der Waals surface area contributed by atoms with Gasteiger partial charge in [-0.1, -0.05) is 6.42 Å². The molecule has 3 fully saturated rings. The highest BCUT2D eigenvalue weighted by atomic mass is 32.2. The fraction of sp³-hybridized carbons (Fsp3) is 0.611. The van der Waals surface area contributed by atoms with Crippen LogP contribution in [0.5, 0.6) is 0 Å². The second-order valence-corrected chi connectivity index (χ2v) is 9.21. The Morgan fingerprint density at radius 1 is 1.21 bits per heavy atom. The van der Waals surface area contributed by atoms with Gasteiger partial charge < -0.3 is 4.90 Å². The van der Waals surface area contributed by atoms with Crippen molar-refractivity contribution in [2.24, 2.45) is 11.8 Å². The van der Waals surface area contributed by atoms with Gasteiger partial charge in [-0.15, -0.1) is 0 Å². The normalized spacial score (nSPS) is 29.6. The van der Waals surface area contributed by atoms with E-state index in [0.717, 1.165) is 37.1 Å². The van der Waals surface area contributed by atoms with Gasteiger partial charge in [-0.05, 0) is 68.2 Å². The summed E-state index contributed by atoms with van der Waals surface area (Å²) in [6.45, 7) is 2.59. The number of carbonyl (C=O) groups is 1. The molecule has 2 saturated carbocycles. The smallest absolute Gasteiger partial charge is 0.240 e. The third kappa shape index (κ3) is 2.75. The number of anilines is 1. The standard InChI is InChI=1S/C18H24N2O3S/c1-12-9-15(6-7-17(12)20-8-2-3-18(20)21)24(22,23)19-16-11-13-4-5-14(16)10-13/h6-7,9,13-14,16,19H,2-5,8,10-11H2,1H3/t13-,14-,16-/m0/s1. The highest BCUT2D eigenvalue weighted by Gasteiger charge is 2.41. The summed E-state index contributed by atoms with van der Waals surface area (Å²) in [6, 6.07) is 5.18. The summed E-state index contributed by atoms with van der Waals surface area (Å²) in [6.07, 6.45) is 5.98. The molecule has 0 aromatic heterocycles. The van der Waals surface area contributed by atoms with Gasteiger partial charge in [0.15, 0.2) is 0 Å². The Kier molecular flexibility index (Phi) is 3.92. The molecule has 1 N–H and O–H groups in total. The fourth-order valence-electron chi connectivity index (χ4n) is 4.66. The number of hydrogen-bond acceptors (Lipinski definition) is 3. The monoisotopic (exact) mass is 348 g/mol. The molecule has 24 heavy (non-hydrogen) atoms. The van der Waals surface area contributed by atoms with Gasteiger partial charge in [0.1, 0.15) is 0 Å². The molecule has 1 aromatic carbocycles. The minimum absolute atomic E-state index is 0.0916. The number of rotatable bonds is 4. The van der Waals surface area contributed by atoms with Gasteiger partial charge in [-0.25, -0.2) is 13.1 Å². The second-order valence-electron chi connectivity index (χ2n) is 7.50. The molecule has 2 bridgehead atoms. The zero-order valence-electron chi connectivity index (χ0n) is 14.0. The molecule has 1 aliphatic heterocycles. The van der Waals surface area contributed by atoms with Gasteiger partial charge >= 0.3 is 0 Å². The zero-order valence-corrected chi connectivity index (χ0v) is 14.8. The summed E-state index contributed by atoms with van der Waals surface area (Å²) in [4.78, 5) is 14.0. The first-order chi connectivity index (χ1) is 11.4. The lowest BCUT2D eigenvalue weighted by molar-refractivity contribution is -0.117. The molecule has 130 valence electrons. The first kappa shape index (κ1) is 16.1. The van der Waals surface area contributed by atoms with E-state index in [1.165, 1.54) is 12.8 Å². The lowest BCUT2D eigenvalue weighted by atomic mass is 9.96. The Labute approximate surface area is 143 Å². The van der Waals surface area contributed by atoms with Crippen LogP contribution in [0.4, 0.5) is 5.69 Å². The van der Waals surface area contributed by atoms with Crippen LogP contribution in [0.3, 0.4) is 0 Å². The number of benzene rings is 1. The maximum absolute atomic E-state index is 12.7. The number of hydrogen-bond donors (Lipinski definition) is 1. The molecule has 2 aliphatic carbocycles. The molecule has 6 heteroatoms. The number of nitrogens with one attached hydrogen (secondary N) is 1. The van der Waals surface area contributed by atoms with Crippen LogP contribution in [0.15, 0.2) is 23.1 Å². The number of aryl methyl sites for hydroxylation is 1. The van der Waals surface area contributed by atoms with E-state index in [1.54, 1.807) is 23.1 Å². The predicted octanol–water partition coefficient (Wildman–Crippen LogP) is 2.59. The lowest BCUT2D eigenvalue weighted by Gasteiger charge is -2.23. The maximum atomic E-state index is 12.7. The SMILES string of the molecule is Cc1cc(S(=O)(=O)N[C@H]2C[C@H]3CC[C@H]2C3)ccc1N1CCCC1=O. The topological polar surface area (TPSA) is 66.5 Å². The van der Waals surface area contributed by atoms with Gasteiger partial charge in [-0.2, -0.15) is 0 Å². The van der Waals surface area contributed by atoms with Crippen LogP contribution in [0.25, 0.3) is 0 Å². The average molecular weight is 348 g/mol. The van der Waals surface area contributed by atoms with Crippen LogP contribution >= 0.6 is 0 Å². The molecule has 5 nitrogen and oxygen atoms in total. The minimum atomic E-state index is -3.50. The maximum Gasteiger partial charge on any atom is 0.240 e. The Balaban J connectivity index is 1.55. The van der Waals surface area contributed by atoms with E-state index in [4.69, 9.17) is 0 Å². The van der Waals surface area contributed by atoms with Crippen molar-refractivity contribution in [2.75, 3.05) is 11.4 Å². The lowest BCUT2D eigenvalue weighted by Crippen LogP contribution is -2.38. The fourth-order valence-corrected chi connectivity index (χ4v) is 6.06. The van der Waals surface area contributed by atoms with Crippen molar-refractivity contribution < 1.29 is 13.2 Å². The van der Waals surface area contributed by atoms with Crippen molar-refractivity contribution in [3.8, 4) is 0 Å². The van der Waals surface area contributed by atoms with E-state index in [0.29, 0.717) is 23.2 Å². The zero-order chi connectivity index (χ0) is 16.9. The van der Waals surface area contributed by atoms with Crippen molar-refractivity contribution in [2.45, 2.75) is 56.4 Å². The van der Waals surface area contributed by atoms with E-state index in [-0.39, 0.29) is 11.9 Å². The van der Waals surface area contributed by atoms with Crippen LogP contribution < -0.4 is 9.62 Å². The van der Waals surface area contributed by atoms with Gasteiger partial charge in [-0.3, -0.25) is 4.79 Å². The molecule has 1 aromatic rings. The number of fused-ring (bicyclic) bond motifs is 2. The van der Waals surface area contributed by atoms with Crippen LogP contribution in [0, 0.1) is 18.8 Å². The van der Waals surface area contributed by atoms with Crippen molar-refractivity contribution >= 4 is 21.6 Å². The van der Waals surface area contributed by atoms with Crippen molar-refractivity contribution in [1.82, 2.24) is 4.72 Å². The Morgan fingerprint density at radius 2 is 2.04 bits per heavy atom. The highest BCUT2D eigenvalue weighted by molar-refractivity contribution is 7.89. The number of carbonyl (C=O) groups excluding carboxylic acids is 1. The molecule has 0 unspecified atom stereocenters. The molecule has 1 saturated heterocycles. The summed E-state index contributed by atoms with van der Waals surface area (Å²) in [5.74, 6) is 1.33. The van der Waals surface area contributed by atoms with Gasteiger partial charge in [0.05, 0.1) is 4.90 Å². The summed E-state index contributed by atoms with van der Waals surface area (Å²) in [5.41, 5.74) is 1.66. The average Bonchev–Trinajstić information content (AvgIpc) is 3.24. The summed E-state index contributed by atoms with van der Waals surface area (Å²) < 4.78 is 28.4. The van der Waals surface area contributed by atoms with E-state index >= 15 is 0 Å². The van der Waals surface area contributed by atoms with E-state index in [2.05, 4.69) is 4.72 Å². The molecule has 0 radical (unpaired) electrons. The van der Waals surface area contributed by atoms with E-state index in [1.807, 2.05) is 6.92 Å². The van der Waals surface area contributed by atoms with Crippen molar-refractivity contribution in [3.05, 3.63) is 23.8 Å². The molecule has 1 heterocycles. The van der Waals surface area contributed by atoms with Crippen LogP contribution in [-0.4, -0.2) is 26.9 Å². The Hall–Kier alpha value is -1.40. The Bertz CT molecular complexity index is 774. The number of sulfonamides is 1. The quantitative estimate of drug-likeness (QED) is 0.909. The van der Waals surface area contributed by atoms with Crippen LogP contribution in [-0.2, 0) is 14.8 Å². The Morgan fingerprint density at radius 3 is 2.62 bits per heavy atom. The van der Waals surface area contributed by atoms with Crippen LogP contribution in [0.2, 0.25) is 0 Å². The summed E-state index contributed by atoms with van der Waals surface area (Å²) in [7, 11) is -3.50. The number of nitrogens with zero attached hydrogens (tertiary/aromatic N) is 1. The molecule has 3 atom stereocenters. The molecule has 3 aliphatic rings. The summed E-state index contributed by atoms with van der Waals surface area (Å²) >= 11 is 0. The summed E-state index contributed by atoms with van der Waals surface area (Å²) in [5, 5.41) is 0. The van der Waals surface area contributed by atoms with E-state index < -0.39 is 10.0 Å². The van der Waals surface area contributed by atoms with Gasteiger partial charge in [0.2, 0.25) is 15.9 Å². The van der Waals surface area contributed by atoms with Crippen molar-refractivity contribution in [1.29, 1.82) is 0 Å². The third-order valence-electron chi connectivity index (χ3n) is 5.89. The third-order valence-corrected chi connectivity index (χ3v) is 7.37. The molecular weight excluding hydrogens is 324 g/mol. The predicted molar refractivity (Wildman–Crippen MR) is 92.3 cm³/mol. The van der Waals surface area contributed by atoms with Crippen molar-refractivity contribution in [3.63, 3.8) is 0 Å². The second kappa shape index (κ2) is 5.85. The van der Waals surface area contributed by atoms with Gasteiger partial charge in [0, 0.05) is 24.7 Å². The number of amides is 1. The van der Waals surface area contributed by atoms with Gasteiger partial charge in [0.25, 0.3) is 0 Å².